The van der Waals surface area contributed by atoms with Gasteiger partial charge in [0.15, 0.2) is 0 Å². The largest absolute Gasteiger partial charge is 0.460 e. The molecule has 0 saturated carbocycles. The summed E-state index contributed by atoms with van der Waals surface area (Å²) in [5.41, 5.74) is -0.470. The predicted octanol–water partition coefficient (Wildman–Crippen LogP) is 2.03. The molecule has 0 saturated heterocycles. The standard InChI is InChI=1S/C28H56O12/c1-28(2,3)40-27(30)7-11-33-14-16-35-18-20-37-22-24-39-26-25-38-23-21-36-19-17-34-15-13-32-10-6-4-5-9-31-12-8-29/h29H,4-26H2,1-3H3. The molecular formula is C28H56O12. The molecule has 0 aromatic heterocycles. The fourth-order valence-corrected chi connectivity index (χ4v) is 2.94. The Morgan fingerprint density at radius 2 is 0.750 bits per heavy atom. The van der Waals surface area contributed by atoms with Crippen LogP contribution in [-0.4, -0.2) is 142 Å². The Hall–Kier alpha value is -0.930. The number of unbranched alkanes of at least 4 members (excludes halogenated alkanes) is 2. The minimum absolute atomic E-state index is 0.0786. The van der Waals surface area contributed by atoms with E-state index in [1.807, 2.05) is 20.8 Å². The zero-order valence-corrected chi connectivity index (χ0v) is 25.2. The Bertz CT molecular complexity index is 516. The summed E-state index contributed by atoms with van der Waals surface area (Å²) in [5, 5.41) is 8.60. The Kier molecular flexibility index (Phi) is 30.3. The molecule has 0 aliphatic heterocycles. The first-order valence-electron chi connectivity index (χ1n) is 14.5. The van der Waals surface area contributed by atoms with Crippen LogP contribution in [0.25, 0.3) is 0 Å². The van der Waals surface area contributed by atoms with Crippen LogP contribution in [0, 0.1) is 0 Å². The molecule has 12 nitrogen and oxygen atoms in total. The molecule has 0 atom stereocenters. The Morgan fingerprint density at radius 3 is 1.07 bits per heavy atom. The summed E-state index contributed by atoms with van der Waals surface area (Å²) >= 11 is 0. The molecule has 0 aromatic rings. The highest BCUT2D eigenvalue weighted by molar-refractivity contribution is 5.69. The third kappa shape index (κ3) is 35.1. The summed E-state index contributed by atoms with van der Waals surface area (Å²) in [6.07, 6.45) is 3.27. The number of carbonyl (C=O) groups excluding carboxylic acids is 1. The van der Waals surface area contributed by atoms with Crippen molar-refractivity contribution in [2.24, 2.45) is 0 Å². The number of esters is 1. The highest BCUT2D eigenvalue weighted by Gasteiger charge is 2.15. The molecule has 0 radical (unpaired) electrons. The first-order chi connectivity index (χ1) is 19.5. The lowest BCUT2D eigenvalue weighted by molar-refractivity contribution is -0.156. The van der Waals surface area contributed by atoms with Crippen LogP contribution in [0.5, 0.6) is 0 Å². The van der Waals surface area contributed by atoms with Gasteiger partial charge in [-0.25, -0.2) is 0 Å². The van der Waals surface area contributed by atoms with Gasteiger partial charge in [0, 0.05) is 13.2 Å². The summed E-state index contributed by atoms with van der Waals surface area (Å²) in [6, 6.07) is 0. The van der Waals surface area contributed by atoms with Gasteiger partial charge in [0.05, 0.1) is 119 Å². The van der Waals surface area contributed by atoms with E-state index in [-0.39, 0.29) is 19.0 Å². The number of carbonyl (C=O) groups is 1. The molecule has 40 heavy (non-hydrogen) atoms. The lowest BCUT2D eigenvalue weighted by Crippen LogP contribution is -2.24. The third-order valence-electron chi connectivity index (χ3n) is 4.79. The van der Waals surface area contributed by atoms with E-state index < -0.39 is 5.60 Å². The van der Waals surface area contributed by atoms with Crippen molar-refractivity contribution >= 4 is 5.97 Å². The van der Waals surface area contributed by atoms with Crippen molar-refractivity contribution in [1.29, 1.82) is 0 Å². The normalized spacial score (nSPS) is 11.8. The van der Waals surface area contributed by atoms with Crippen LogP contribution >= 0.6 is 0 Å². The Morgan fingerprint density at radius 1 is 0.450 bits per heavy atom. The minimum Gasteiger partial charge on any atom is -0.460 e. The van der Waals surface area contributed by atoms with Gasteiger partial charge < -0.3 is 52.5 Å². The average Bonchev–Trinajstić information content (AvgIpc) is 2.90. The molecule has 12 heteroatoms. The minimum atomic E-state index is -0.470. The van der Waals surface area contributed by atoms with Crippen molar-refractivity contribution in [2.45, 2.75) is 52.1 Å². The Balaban J connectivity index is 3.09. The second kappa shape index (κ2) is 31.0. The number of ether oxygens (including phenoxy) is 10. The van der Waals surface area contributed by atoms with Crippen molar-refractivity contribution < 1.29 is 57.3 Å². The maximum Gasteiger partial charge on any atom is 0.308 e. The van der Waals surface area contributed by atoms with Gasteiger partial charge in [0.1, 0.15) is 5.60 Å². The van der Waals surface area contributed by atoms with Crippen molar-refractivity contribution in [3.05, 3.63) is 0 Å². The smallest absolute Gasteiger partial charge is 0.308 e. The molecule has 0 amide bonds. The van der Waals surface area contributed by atoms with E-state index in [1.165, 1.54) is 0 Å². The van der Waals surface area contributed by atoms with Gasteiger partial charge in [-0.2, -0.15) is 0 Å². The molecule has 0 aliphatic carbocycles. The quantitative estimate of drug-likeness (QED) is 0.0917. The molecule has 0 fully saturated rings. The molecule has 0 aliphatic rings. The van der Waals surface area contributed by atoms with E-state index >= 15 is 0 Å². The highest BCUT2D eigenvalue weighted by atomic mass is 16.6. The van der Waals surface area contributed by atoms with Gasteiger partial charge in [0.25, 0.3) is 0 Å². The van der Waals surface area contributed by atoms with Gasteiger partial charge in [0.2, 0.25) is 0 Å². The predicted molar refractivity (Wildman–Crippen MR) is 149 cm³/mol. The fraction of sp³-hybridized carbons (Fsp3) is 0.964. The molecule has 240 valence electrons. The van der Waals surface area contributed by atoms with Crippen molar-refractivity contribution in [3.63, 3.8) is 0 Å². The van der Waals surface area contributed by atoms with Crippen LogP contribution in [0.3, 0.4) is 0 Å². The monoisotopic (exact) mass is 584 g/mol. The van der Waals surface area contributed by atoms with E-state index in [1.54, 1.807) is 0 Å². The molecule has 1 N–H and O–H groups in total. The third-order valence-corrected chi connectivity index (χ3v) is 4.79. The van der Waals surface area contributed by atoms with Gasteiger partial charge >= 0.3 is 5.97 Å². The maximum absolute atomic E-state index is 11.5. The molecule has 0 aromatic carbocycles. The lowest BCUT2D eigenvalue weighted by atomic mass is 10.2. The molecule has 0 unspecified atom stereocenters. The second-order valence-electron chi connectivity index (χ2n) is 9.63. The number of aliphatic hydroxyl groups is 1. The molecule has 0 heterocycles. The molecule has 0 bridgehead atoms. The van der Waals surface area contributed by atoms with Crippen molar-refractivity contribution in [2.75, 3.05) is 126 Å². The Labute approximate surface area is 241 Å². The fourth-order valence-electron chi connectivity index (χ4n) is 2.94. The first-order valence-corrected chi connectivity index (χ1v) is 14.5. The SMILES string of the molecule is CC(C)(C)OC(=O)CCOCCOCCOCCOCCOCCOCCOCCOCCCCCOCCO. The van der Waals surface area contributed by atoms with Crippen molar-refractivity contribution in [1.82, 2.24) is 0 Å². The molecule has 0 rings (SSSR count). The van der Waals surface area contributed by atoms with Gasteiger partial charge in [-0.15, -0.1) is 0 Å². The number of rotatable bonds is 32. The highest BCUT2D eigenvalue weighted by Crippen LogP contribution is 2.08. The summed E-state index contributed by atoms with van der Waals surface area (Å²) in [6.45, 7) is 14.8. The summed E-state index contributed by atoms with van der Waals surface area (Å²) < 4.78 is 54.0. The number of hydrogen-bond acceptors (Lipinski definition) is 12. The van der Waals surface area contributed by atoms with Crippen LogP contribution in [0.4, 0.5) is 0 Å². The van der Waals surface area contributed by atoms with Crippen LogP contribution in [0.2, 0.25) is 0 Å². The topological polar surface area (TPSA) is 130 Å². The van der Waals surface area contributed by atoms with Gasteiger partial charge in [-0.1, -0.05) is 0 Å². The zero-order chi connectivity index (χ0) is 29.4. The van der Waals surface area contributed by atoms with E-state index in [4.69, 9.17) is 52.5 Å². The van der Waals surface area contributed by atoms with E-state index in [9.17, 15) is 4.79 Å². The summed E-state index contributed by atoms with van der Waals surface area (Å²) in [4.78, 5) is 11.5. The van der Waals surface area contributed by atoms with E-state index in [2.05, 4.69) is 0 Å². The number of aliphatic hydroxyl groups excluding tert-OH is 1. The molecule has 0 spiro atoms. The van der Waals surface area contributed by atoms with Crippen LogP contribution < -0.4 is 0 Å². The molecular weight excluding hydrogens is 528 g/mol. The van der Waals surface area contributed by atoms with Gasteiger partial charge in [-0.3, -0.25) is 4.79 Å². The van der Waals surface area contributed by atoms with Crippen LogP contribution in [0.15, 0.2) is 0 Å². The maximum atomic E-state index is 11.5. The van der Waals surface area contributed by atoms with Gasteiger partial charge in [-0.05, 0) is 40.0 Å². The zero-order valence-electron chi connectivity index (χ0n) is 25.2. The van der Waals surface area contributed by atoms with Crippen LogP contribution in [0.1, 0.15) is 46.5 Å². The van der Waals surface area contributed by atoms with E-state index in [0.29, 0.717) is 112 Å². The average molecular weight is 585 g/mol. The second-order valence-corrected chi connectivity index (χ2v) is 9.63. The van der Waals surface area contributed by atoms with Crippen LogP contribution in [-0.2, 0) is 52.2 Å². The summed E-state index contributed by atoms with van der Waals surface area (Å²) in [5.74, 6) is -0.263. The number of hydrogen-bond donors (Lipinski definition) is 1. The van der Waals surface area contributed by atoms with Crippen molar-refractivity contribution in [3.8, 4) is 0 Å². The lowest BCUT2D eigenvalue weighted by Gasteiger charge is -2.19. The van der Waals surface area contributed by atoms with E-state index in [0.717, 1.165) is 25.9 Å². The first kappa shape index (κ1) is 39.1. The summed E-state index contributed by atoms with van der Waals surface area (Å²) in [7, 11) is 0.